The van der Waals surface area contributed by atoms with Crippen molar-refractivity contribution in [1.29, 1.82) is 0 Å². The first kappa shape index (κ1) is 23.4. The van der Waals surface area contributed by atoms with Crippen LogP contribution in [0.25, 0.3) is 21.7 Å². The summed E-state index contributed by atoms with van der Waals surface area (Å²) in [6.45, 7) is 8.07. The van der Waals surface area contributed by atoms with E-state index >= 15 is 0 Å². The number of aromatic nitrogens is 1. The molecule has 172 valence electrons. The lowest BCUT2D eigenvalue weighted by molar-refractivity contribution is -0.152. The molecule has 6 heteroatoms. The second-order valence-corrected chi connectivity index (χ2v) is 8.67. The highest BCUT2D eigenvalue weighted by atomic mass is 32.1. The largest absolute Gasteiger partial charge is 0.463 e. The number of thiophene rings is 1. The van der Waals surface area contributed by atoms with E-state index in [0.717, 1.165) is 32.8 Å². The van der Waals surface area contributed by atoms with Crippen molar-refractivity contribution in [3.8, 4) is 27.6 Å². The van der Waals surface area contributed by atoms with Gasteiger partial charge in [-0.3, -0.25) is 4.99 Å². The molecule has 0 spiro atoms. The average molecular weight is 471 g/mol. The molecular formula is C28H26N2O3S. The zero-order chi connectivity index (χ0) is 23.9. The van der Waals surface area contributed by atoms with Crippen molar-refractivity contribution in [2.75, 3.05) is 6.61 Å². The molecule has 0 N–H and O–H groups in total. The van der Waals surface area contributed by atoms with Gasteiger partial charge in [0, 0.05) is 27.1 Å². The minimum atomic E-state index is -0.957. The number of carbonyl (C=O) groups is 1. The Morgan fingerprint density at radius 3 is 2.50 bits per heavy atom. The highest BCUT2D eigenvalue weighted by Gasteiger charge is 2.27. The highest BCUT2D eigenvalue weighted by molar-refractivity contribution is 7.13. The first-order valence-electron chi connectivity index (χ1n) is 11.1. The molecule has 0 saturated carbocycles. The second-order valence-electron chi connectivity index (χ2n) is 7.72. The minimum absolute atomic E-state index is 0.254. The Morgan fingerprint density at radius 1 is 1.09 bits per heavy atom. The smallest absolute Gasteiger partial charge is 0.352 e. The van der Waals surface area contributed by atoms with Crippen LogP contribution in [-0.2, 0) is 16.1 Å². The Labute approximate surface area is 203 Å². The van der Waals surface area contributed by atoms with Gasteiger partial charge in [0.2, 0.25) is 12.0 Å². The standard InChI is InChI=1S/C28H26N2O3S/c1-4-32-28(31)26(21-9-6-5-7-10-21)33-27-23(18-29-3)22(25-11-8-16-34-25)17-24(30-27)20-14-12-19(2)13-15-20/h5-17,26H,3-4,18H2,1-2H3. The van der Waals surface area contributed by atoms with Crippen molar-refractivity contribution in [2.24, 2.45) is 4.99 Å². The van der Waals surface area contributed by atoms with Crippen molar-refractivity contribution in [3.63, 3.8) is 0 Å². The summed E-state index contributed by atoms with van der Waals surface area (Å²) in [5, 5.41) is 2.03. The lowest BCUT2D eigenvalue weighted by atomic mass is 10.0. The number of pyridine rings is 1. The normalized spacial score (nSPS) is 11.6. The third-order valence-corrected chi connectivity index (χ3v) is 6.23. The predicted octanol–water partition coefficient (Wildman–Crippen LogP) is 6.67. The zero-order valence-corrected chi connectivity index (χ0v) is 20.0. The van der Waals surface area contributed by atoms with Crippen molar-refractivity contribution in [3.05, 3.63) is 94.9 Å². The monoisotopic (exact) mass is 470 g/mol. The quantitative estimate of drug-likeness (QED) is 0.202. The van der Waals surface area contributed by atoms with E-state index in [9.17, 15) is 4.79 Å². The summed E-state index contributed by atoms with van der Waals surface area (Å²) in [6, 6.07) is 23.6. The highest BCUT2D eigenvalue weighted by Crippen LogP contribution is 2.38. The maximum Gasteiger partial charge on any atom is 0.352 e. The molecule has 0 saturated heterocycles. The van der Waals surface area contributed by atoms with Crippen LogP contribution in [0.5, 0.6) is 5.88 Å². The van der Waals surface area contributed by atoms with E-state index in [1.165, 1.54) is 0 Å². The van der Waals surface area contributed by atoms with E-state index in [1.807, 2.05) is 79.0 Å². The number of hydrogen-bond acceptors (Lipinski definition) is 6. The number of aliphatic imine (C=N–C) groups is 1. The van der Waals surface area contributed by atoms with Crippen molar-refractivity contribution in [1.82, 2.24) is 4.98 Å². The Hall–Kier alpha value is -3.77. The van der Waals surface area contributed by atoms with Crippen LogP contribution < -0.4 is 4.74 Å². The fraction of sp³-hybridized carbons (Fsp3) is 0.179. The van der Waals surface area contributed by atoms with Gasteiger partial charge in [-0.2, -0.15) is 0 Å². The van der Waals surface area contributed by atoms with Gasteiger partial charge >= 0.3 is 5.97 Å². The summed E-state index contributed by atoms with van der Waals surface area (Å²) in [7, 11) is 0. The lowest BCUT2D eigenvalue weighted by Gasteiger charge is -2.21. The number of nitrogens with zero attached hydrogens (tertiary/aromatic N) is 2. The maximum atomic E-state index is 12.9. The van der Waals surface area contributed by atoms with Crippen molar-refractivity contribution >= 4 is 24.0 Å². The molecule has 34 heavy (non-hydrogen) atoms. The molecule has 0 fully saturated rings. The Kier molecular flexibility index (Phi) is 7.50. The van der Waals surface area contributed by atoms with Gasteiger partial charge in [0.05, 0.1) is 18.8 Å². The van der Waals surface area contributed by atoms with E-state index < -0.39 is 12.1 Å². The molecule has 5 nitrogen and oxygen atoms in total. The topological polar surface area (TPSA) is 60.8 Å². The predicted molar refractivity (Wildman–Crippen MR) is 137 cm³/mol. The van der Waals surface area contributed by atoms with E-state index in [2.05, 4.69) is 17.8 Å². The molecule has 2 aromatic carbocycles. The summed E-state index contributed by atoms with van der Waals surface area (Å²) in [4.78, 5) is 23.0. The molecule has 4 aromatic rings. The first-order chi connectivity index (χ1) is 16.6. The van der Waals surface area contributed by atoms with E-state index in [4.69, 9.17) is 14.5 Å². The molecule has 2 aromatic heterocycles. The van der Waals surface area contributed by atoms with Gasteiger partial charge < -0.3 is 9.47 Å². The Bertz CT molecular complexity index is 1250. The SMILES string of the molecule is C=NCc1c(-c2cccs2)cc(-c2ccc(C)cc2)nc1OC(C(=O)OCC)c1ccccc1. The molecule has 2 heterocycles. The van der Waals surface area contributed by atoms with Crippen LogP contribution in [0, 0.1) is 6.92 Å². The zero-order valence-electron chi connectivity index (χ0n) is 19.2. The molecule has 0 aliphatic heterocycles. The fourth-order valence-electron chi connectivity index (χ4n) is 3.64. The Morgan fingerprint density at radius 2 is 1.85 bits per heavy atom. The summed E-state index contributed by atoms with van der Waals surface area (Å²) in [6.07, 6.45) is -0.957. The molecular weight excluding hydrogens is 444 g/mol. The molecule has 1 unspecified atom stereocenters. The van der Waals surface area contributed by atoms with Crippen molar-refractivity contribution < 1.29 is 14.3 Å². The number of benzene rings is 2. The number of ether oxygens (including phenoxy) is 2. The summed E-state index contributed by atoms with van der Waals surface area (Å²) in [5.41, 5.74) is 5.30. The fourth-order valence-corrected chi connectivity index (χ4v) is 4.41. The van der Waals surface area contributed by atoms with Gasteiger partial charge in [-0.1, -0.05) is 66.2 Å². The molecule has 4 rings (SSSR count). The minimum Gasteiger partial charge on any atom is -0.463 e. The van der Waals surface area contributed by atoms with Gasteiger partial charge in [-0.05, 0) is 38.1 Å². The van der Waals surface area contributed by atoms with Gasteiger partial charge in [0.25, 0.3) is 0 Å². The number of rotatable bonds is 9. The number of aryl methyl sites for hydroxylation is 1. The van der Waals surface area contributed by atoms with Gasteiger partial charge in [0.15, 0.2) is 0 Å². The van der Waals surface area contributed by atoms with Crippen LogP contribution in [0.3, 0.4) is 0 Å². The third kappa shape index (κ3) is 5.24. The summed E-state index contributed by atoms with van der Waals surface area (Å²) in [5.74, 6) is -0.123. The summed E-state index contributed by atoms with van der Waals surface area (Å²) < 4.78 is 11.7. The molecule has 0 aliphatic carbocycles. The molecule has 0 aliphatic rings. The van der Waals surface area contributed by atoms with Crippen LogP contribution in [0.2, 0.25) is 0 Å². The van der Waals surface area contributed by atoms with Crippen LogP contribution in [-0.4, -0.2) is 24.3 Å². The second kappa shape index (κ2) is 10.9. The van der Waals surface area contributed by atoms with Crippen LogP contribution in [0.15, 0.2) is 83.2 Å². The van der Waals surface area contributed by atoms with Gasteiger partial charge in [-0.25, -0.2) is 9.78 Å². The van der Waals surface area contributed by atoms with Crippen LogP contribution >= 0.6 is 11.3 Å². The Balaban J connectivity index is 1.88. The number of esters is 1. The van der Waals surface area contributed by atoms with Gasteiger partial charge in [-0.15, -0.1) is 11.3 Å². The number of carbonyl (C=O) groups excluding carboxylic acids is 1. The van der Waals surface area contributed by atoms with Crippen molar-refractivity contribution in [2.45, 2.75) is 26.5 Å². The third-order valence-electron chi connectivity index (χ3n) is 5.32. The molecule has 0 bridgehead atoms. The van der Waals surface area contributed by atoms with Crippen LogP contribution in [0.1, 0.15) is 29.7 Å². The summed E-state index contributed by atoms with van der Waals surface area (Å²) >= 11 is 1.62. The van der Waals surface area contributed by atoms with E-state index in [1.54, 1.807) is 18.3 Å². The average Bonchev–Trinajstić information content (AvgIpc) is 3.39. The first-order valence-corrected chi connectivity index (χ1v) is 11.9. The maximum absolute atomic E-state index is 12.9. The number of hydrogen-bond donors (Lipinski definition) is 0. The van der Waals surface area contributed by atoms with E-state index in [-0.39, 0.29) is 6.61 Å². The van der Waals surface area contributed by atoms with Gasteiger partial charge in [0.1, 0.15) is 0 Å². The molecule has 1 atom stereocenters. The molecule has 0 amide bonds. The molecule has 0 radical (unpaired) electrons. The lowest BCUT2D eigenvalue weighted by Crippen LogP contribution is -2.22. The van der Waals surface area contributed by atoms with E-state index in [0.29, 0.717) is 18.0 Å². The van der Waals surface area contributed by atoms with Crippen LogP contribution in [0.4, 0.5) is 0 Å².